The highest BCUT2D eigenvalue weighted by Crippen LogP contribution is 2.40. The van der Waals surface area contributed by atoms with Gasteiger partial charge in [0.15, 0.2) is 11.6 Å². The Balaban J connectivity index is 0.630. The van der Waals surface area contributed by atoms with Crippen LogP contribution < -0.4 is 30.3 Å². The number of amides is 2. The summed E-state index contributed by atoms with van der Waals surface area (Å²) in [7, 11) is 0. The number of pyridine rings is 1. The highest BCUT2D eigenvalue weighted by Gasteiger charge is 2.44. The highest BCUT2D eigenvalue weighted by molar-refractivity contribution is 7.13. The molecule has 5 N–H and O–H groups in total. The van der Waals surface area contributed by atoms with Gasteiger partial charge in [0.05, 0.1) is 46.2 Å². The number of para-hydroxylation sites is 1. The lowest BCUT2D eigenvalue weighted by Crippen LogP contribution is -2.54. The number of nitrogens with one attached hydrogen (secondary N) is 1. The van der Waals surface area contributed by atoms with Crippen LogP contribution in [0.2, 0.25) is 0 Å². The number of β-amino-alcohol motifs (C(OH)–C–C–N with tert-alkyl or cyclic N) is 1. The van der Waals surface area contributed by atoms with Gasteiger partial charge in [-0.3, -0.25) is 19.4 Å². The van der Waals surface area contributed by atoms with E-state index in [4.69, 9.17) is 29.2 Å². The number of piperazine rings is 2. The number of benzene rings is 2. The van der Waals surface area contributed by atoms with Crippen molar-refractivity contribution in [3.05, 3.63) is 102 Å². The number of aliphatic hydroxyl groups is 1. The molecule has 5 aliphatic rings. The van der Waals surface area contributed by atoms with E-state index in [0.29, 0.717) is 80.1 Å². The van der Waals surface area contributed by atoms with Crippen molar-refractivity contribution in [3.63, 3.8) is 0 Å². The molecule has 6 aromatic rings. The molecule has 2 amide bonds. The second kappa shape index (κ2) is 26.1. The Labute approximate surface area is 482 Å². The van der Waals surface area contributed by atoms with Crippen molar-refractivity contribution >= 4 is 40.3 Å². The minimum Gasteiger partial charge on any atom is -0.507 e. The quantitative estimate of drug-likeness (QED) is 0.0593. The van der Waals surface area contributed by atoms with Crippen molar-refractivity contribution in [3.8, 4) is 39.2 Å². The first-order valence-electron chi connectivity index (χ1n) is 28.9. The van der Waals surface area contributed by atoms with E-state index >= 15 is 0 Å². The molecule has 4 aromatic heterocycles. The lowest BCUT2D eigenvalue weighted by Gasteiger charge is -2.43. The molecule has 22 heteroatoms. The monoisotopic (exact) mass is 1140 g/mol. The van der Waals surface area contributed by atoms with Crippen molar-refractivity contribution in [2.24, 2.45) is 11.8 Å². The zero-order chi connectivity index (χ0) is 56.7. The Kier molecular flexibility index (Phi) is 18.1. The van der Waals surface area contributed by atoms with E-state index in [1.54, 1.807) is 29.5 Å². The Bertz CT molecular complexity index is 3080. The van der Waals surface area contributed by atoms with Gasteiger partial charge in [-0.25, -0.2) is 9.97 Å². The van der Waals surface area contributed by atoms with Gasteiger partial charge in [-0.1, -0.05) is 50.2 Å². The van der Waals surface area contributed by atoms with Crippen LogP contribution in [-0.4, -0.2) is 185 Å². The number of anilines is 3. The number of fused-ring (bicyclic) bond motifs is 2. The third-order valence-corrected chi connectivity index (χ3v) is 17.8. The third kappa shape index (κ3) is 13.3. The summed E-state index contributed by atoms with van der Waals surface area (Å²) in [5.41, 5.74) is 14.3. The summed E-state index contributed by atoms with van der Waals surface area (Å²) in [5, 5.41) is 37.4. The average Bonchev–Trinajstić information content (AvgIpc) is 4.41. The summed E-state index contributed by atoms with van der Waals surface area (Å²) in [6.07, 6.45) is 5.05. The molecule has 11 rings (SSSR count). The first-order chi connectivity index (χ1) is 39.9. The topological polar surface area (TPSA) is 243 Å². The average molecular weight is 1140 g/mol. The maximum absolute atomic E-state index is 14.6. The number of aliphatic hydroxyl groups excluding tert-OH is 1. The molecule has 5 saturated heterocycles. The van der Waals surface area contributed by atoms with E-state index in [1.165, 1.54) is 4.90 Å². The molecule has 5 aliphatic heterocycles. The van der Waals surface area contributed by atoms with E-state index in [9.17, 15) is 19.8 Å². The summed E-state index contributed by atoms with van der Waals surface area (Å²) < 4.78 is 30.0. The van der Waals surface area contributed by atoms with Crippen LogP contribution in [0.4, 0.5) is 17.2 Å². The predicted molar refractivity (Wildman–Crippen MR) is 311 cm³/mol. The Hall–Kier alpha value is -6.95. The first kappa shape index (κ1) is 56.9. The van der Waals surface area contributed by atoms with Gasteiger partial charge < -0.3 is 59.4 Å². The fraction of sp³-hybridized carbons (Fsp3) is 0.517. The van der Waals surface area contributed by atoms with Gasteiger partial charge in [0, 0.05) is 127 Å². The molecule has 5 fully saturated rings. The Morgan fingerprint density at radius 1 is 0.866 bits per heavy atom. The molecule has 0 spiro atoms. The number of carbonyl (C=O) groups is 2. The number of ether oxygens (including phenoxy) is 4. The third-order valence-electron chi connectivity index (χ3n) is 16.8. The van der Waals surface area contributed by atoms with Crippen molar-refractivity contribution in [1.29, 1.82) is 0 Å². The second-order valence-electron chi connectivity index (χ2n) is 22.7. The molecule has 0 aliphatic carbocycles. The summed E-state index contributed by atoms with van der Waals surface area (Å²) >= 11 is 1.59. The fourth-order valence-electron chi connectivity index (χ4n) is 12.3. The zero-order valence-electron chi connectivity index (χ0n) is 47.1. The van der Waals surface area contributed by atoms with Gasteiger partial charge in [0.25, 0.3) is 5.88 Å². The van der Waals surface area contributed by atoms with E-state index in [2.05, 4.69) is 62.4 Å². The summed E-state index contributed by atoms with van der Waals surface area (Å²) in [5.74, 6) is 0.532. The van der Waals surface area contributed by atoms with Crippen molar-refractivity contribution in [2.45, 2.75) is 89.1 Å². The molecule has 6 atom stereocenters. The molecule has 21 nitrogen and oxygen atoms in total. The number of rotatable bonds is 22. The molecule has 0 radical (unpaired) electrons. The largest absolute Gasteiger partial charge is 0.507 e. The number of carbonyl (C=O) groups excluding carboxylic acids is 2. The number of likely N-dealkylation sites (tertiary alicyclic amines) is 1. The molecular weight excluding hydrogens is 1060 g/mol. The fourth-order valence-corrected chi connectivity index (χ4v) is 13.1. The van der Waals surface area contributed by atoms with Crippen molar-refractivity contribution < 1.29 is 43.3 Å². The number of hydrogen-bond acceptors (Lipinski definition) is 20. The van der Waals surface area contributed by atoms with E-state index in [-0.39, 0.29) is 55.1 Å². The number of phenolic OH excluding ortho intramolecular Hbond substituents is 1. The SMILES string of the molecule is Cc1ncsc1-c1ccc([C@H](COCC2CCOCC2)NC(=O)[C@@H]2C[C@@H](O)CN2C(=O)[C@@H](c2cc(OCCN3CCN(CCOc4cc(N5C6CCC5CN(c5cc(-c7ccccc7O)nnc5N)C6)ccn4)CC3)no2)C(C)C)cc1. The molecular formula is C60H76N12O9S. The number of nitrogens with two attached hydrogens (primary N) is 1. The van der Waals surface area contributed by atoms with Crippen LogP contribution >= 0.6 is 11.3 Å². The first-order valence-corrected chi connectivity index (χ1v) is 29.8. The molecule has 2 bridgehead atoms. The van der Waals surface area contributed by atoms with Gasteiger partial charge >= 0.3 is 0 Å². The highest BCUT2D eigenvalue weighted by atomic mass is 32.1. The maximum atomic E-state index is 14.6. The number of hydrogen-bond donors (Lipinski definition) is 4. The van der Waals surface area contributed by atoms with Crippen LogP contribution in [0.25, 0.3) is 21.7 Å². The zero-order valence-corrected chi connectivity index (χ0v) is 47.9. The summed E-state index contributed by atoms with van der Waals surface area (Å²) in [6, 6.07) is 22.1. The Morgan fingerprint density at radius 2 is 1.59 bits per heavy atom. The molecule has 9 heterocycles. The van der Waals surface area contributed by atoms with Crippen LogP contribution in [0.1, 0.15) is 74.9 Å². The maximum Gasteiger partial charge on any atom is 0.254 e. The standard InChI is InChI=1S/C60H76N12O9S/c1-38(2)56(60(76)71-34-46(73)29-51(71)59(75)64-49(36-78-35-40-15-24-77-25-16-40)41-8-10-42(11-9-41)57-39(3)63-37-82-57)53-31-55(67-81-53)80-27-23-69-20-18-68(19-21-69)22-26-79-54-28-43(14-17-62-54)72-44-12-13-45(72)33-70(32-44)50-30-48(65-66-58(50)61)47-6-4-5-7-52(47)74/h4-11,14,17,28,30-31,37-38,40,44-46,49,51,56,73-74H,12-13,15-16,18-27,29,32-36H2,1-3H3,(H2,61,66)(H,64,75)/t44?,45?,46-,49+,51+,56-/m1/s1. The Morgan fingerprint density at radius 3 is 2.28 bits per heavy atom. The number of nitrogens with zero attached hydrogens (tertiary/aromatic N) is 10. The minimum atomic E-state index is -0.899. The lowest BCUT2D eigenvalue weighted by molar-refractivity contribution is -0.141. The van der Waals surface area contributed by atoms with Gasteiger partial charge in [0.2, 0.25) is 17.7 Å². The van der Waals surface area contributed by atoms with Crippen LogP contribution in [0, 0.1) is 18.8 Å². The smallest absolute Gasteiger partial charge is 0.254 e. The van der Waals surface area contributed by atoms with Gasteiger partial charge in [-0.2, -0.15) is 0 Å². The van der Waals surface area contributed by atoms with E-state index < -0.39 is 24.1 Å². The molecule has 2 aromatic carbocycles. The molecule has 2 unspecified atom stereocenters. The van der Waals surface area contributed by atoms with Gasteiger partial charge in [0.1, 0.15) is 30.9 Å². The lowest BCUT2D eigenvalue weighted by atomic mass is 9.91. The van der Waals surface area contributed by atoms with Gasteiger partial charge in [-0.05, 0) is 85.0 Å². The predicted octanol–water partition coefficient (Wildman–Crippen LogP) is 6.18. The number of phenols is 1. The van der Waals surface area contributed by atoms with Crippen molar-refractivity contribution in [2.75, 3.05) is 114 Å². The minimum absolute atomic E-state index is 0.0207. The molecule has 436 valence electrons. The summed E-state index contributed by atoms with van der Waals surface area (Å²) in [6.45, 7) is 15.6. The number of aromatic hydroxyl groups is 1. The number of aryl methyl sites for hydroxylation is 1. The molecule has 82 heavy (non-hydrogen) atoms. The summed E-state index contributed by atoms with van der Waals surface area (Å²) in [4.78, 5) is 50.0. The number of nitrogen functional groups attached to an aromatic ring is 1. The van der Waals surface area contributed by atoms with E-state index in [1.807, 2.05) is 74.9 Å². The van der Waals surface area contributed by atoms with Crippen LogP contribution in [0.15, 0.2) is 89.0 Å². The van der Waals surface area contributed by atoms with Crippen LogP contribution in [0.3, 0.4) is 0 Å². The van der Waals surface area contributed by atoms with E-state index in [0.717, 1.165) is 105 Å². The van der Waals surface area contributed by atoms with Gasteiger partial charge in [-0.15, -0.1) is 21.5 Å². The number of aromatic nitrogens is 5. The number of thiazole rings is 1. The van der Waals surface area contributed by atoms with Crippen LogP contribution in [-0.2, 0) is 19.1 Å². The normalized spacial score (nSPS) is 21.5. The van der Waals surface area contributed by atoms with Crippen LogP contribution in [0.5, 0.6) is 17.5 Å². The molecule has 0 saturated carbocycles. The van der Waals surface area contributed by atoms with Crippen molar-refractivity contribution in [1.82, 2.24) is 45.3 Å². The second-order valence-corrected chi connectivity index (χ2v) is 23.5.